The standard InChI is InChI=1S/C19H24F3NO3S2/c1-4-26-16(25)15-11-7-18(2,3)8-12(24)14(11)17(28-15)27-13-6-5-10(9-23-13)19(20,21)22/h10,13,23H,4-9H2,1-3H3. The Hall–Kier alpha value is -1.06. The van der Waals surface area contributed by atoms with Crippen LogP contribution >= 0.6 is 23.1 Å². The maximum absolute atomic E-state index is 12.9. The molecule has 0 spiro atoms. The number of carbonyl (C=O) groups excluding carboxylic acids is 2. The summed E-state index contributed by atoms with van der Waals surface area (Å²) in [5, 5.41) is 2.74. The minimum atomic E-state index is -4.19. The minimum Gasteiger partial charge on any atom is -0.462 e. The van der Waals surface area contributed by atoms with E-state index in [0.29, 0.717) is 33.9 Å². The number of thiophene rings is 1. The van der Waals surface area contributed by atoms with Crippen LogP contribution in [0.3, 0.4) is 0 Å². The van der Waals surface area contributed by atoms with Gasteiger partial charge in [0.15, 0.2) is 5.78 Å². The van der Waals surface area contributed by atoms with Gasteiger partial charge in [0.1, 0.15) is 4.88 Å². The van der Waals surface area contributed by atoms with E-state index in [2.05, 4.69) is 5.32 Å². The zero-order valence-electron chi connectivity index (χ0n) is 16.1. The van der Waals surface area contributed by atoms with Crippen molar-refractivity contribution in [1.82, 2.24) is 5.32 Å². The van der Waals surface area contributed by atoms with Gasteiger partial charge in [0, 0.05) is 18.5 Å². The number of ether oxygens (including phenoxy) is 1. The molecule has 0 saturated carbocycles. The molecule has 3 rings (SSSR count). The molecule has 156 valence electrons. The summed E-state index contributed by atoms with van der Waals surface area (Å²) in [6.07, 6.45) is -2.78. The van der Waals surface area contributed by atoms with E-state index >= 15 is 0 Å². The first-order valence-electron chi connectivity index (χ1n) is 9.34. The molecule has 1 fully saturated rings. The van der Waals surface area contributed by atoms with Crippen molar-refractivity contribution < 1.29 is 27.5 Å². The highest BCUT2D eigenvalue weighted by Crippen LogP contribution is 2.47. The molecule has 1 saturated heterocycles. The van der Waals surface area contributed by atoms with Crippen molar-refractivity contribution >= 4 is 34.9 Å². The molecule has 1 aromatic rings. The Balaban J connectivity index is 1.84. The molecule has 0 amide bonds. The van der Waals surface area contributed by atoms with Crippen LogP contribution in [0.2, 0.25) is 0 Å². The van der Waals surface area contributed by atoms with Gasteiger partial charge < -0.3 is 10.1 Å². The van der Waals surface area contributed by atoms with Gasteiger partial charge in [0.25, 0.3) is 0 Å². The molecule has 1 aromatic heterocycles. The molecule has 2 aliphatic rings. The largest absolute Gasteiger partial charge is 0.462 e. The molecule has 28 heavy (non-hydrogen) atoms. The third-order valence-electron chi connectivity index (χ3n) is 5.09. The molecule has 9 heteroatoms. The van der Waals surface area contributed by atoms with Crippen LogP contribution in [0.25, 0.3) is 0 Å². The number of carbonyl (C=O) groups is 2. The number of piperidine rings is 1. The fraction of sp³-hybridized carbons (Fsp3) is 0.684. The van der Waals surface area contributed by atoms with E-state index in [-0.39, 0.29) is 36.1 Å². The van der Waals surface area contributed by atoms with Gasteiger partial charge in [-0.1, -0.05) is 25.6 Å². The molecule has 1 aliphatic carbocycles. The van der Waals surface area contributed by atoms with Gasteiger partial charge in [-0.25, -0.2) is 4.79 Å². The van der Waals surface area contributed by atoms with Crippen molar-refractivity contribution in [3.05, 3.63) is 16.0 Å². The Labute approximate surface area is 170 Å². The molecule has 0 radical (unpaired) electrons. The Morgan fingerprint density at radius 1 is 1.32 bits per heavy atom. The van der Waals surface area contributed by atoms with Crippen LogP contribution < -0.4 is 5.32 Å². The topological polar surface area (TPSA) is 55.4 Å². The van der Waals surface area contributed by atoms with E-state index in [9.17, 15) is 22.8 Å². The fourth-order valence-electron chi connectivity index (χ4n) is 3.74. The summed E-state index contributed by atoms with van der Waals surface area (Å²) >= 11 is 2.60. The minimum absolute atomic E-state index is 0.00970. The molecule has 4 nitrogen and oxygen atoms in total. The second kappa shape index (κ2) is 7.99. The SMILES string of the molecule is CCOC(=O)c1sc(SC2CCC(C(F)(F)F)CN2)c2c1CC(C)(C)CC2=O. The van der Waals surface area contributed by atoms with Crippen LogP contribution in [-0.2, 0) is 11.2 Å². The molecule has 0 bridgehead atoms. The summed E-state index contributed by atoms with van der Waals surface area (Å²) < 4.78 is 44.5. The quantitative estimate of drug-likeness (QED) is 0.670. The number of halogens is 3. The van der Waals surface area contributed by atoms with E-state index in [1.165, 1.54) is 23.1 Å². The van der Waals surface area contributed by atoms with Crippen LogP contribution in [0.15, 0.2) is 4.21 Å². The zero-order valence-corrected chi connectivity index (χ0v) is 17.7. The zero-order chi connectivity index (χ0) is 20.7. The van der Waals surface area contributed by atoms with E-state index in [0.717, 1.165) is 5.56 Å². The molecule has 2 atom stereocenters. The maximum Gasteiger partial charge on any atom is 0.393 e. The maximum atomic E-state index is 12.9. The Kier molecular flexibility index (Phi) is 6.18. The number of esters is 1. The lowest BCUT2D eigenvalue weighted by atomic mass is 9.74. The monoisotopic (exact) mass is 435 g/mol. The molecule has 0 aromatic carbocycles. The lowest BCUT2D eigenvalue weighted by Gasteiger charge is -2.31. The van der Waals surface area contributed by atoms with Crippen LogP contribution in [-0.4, -0.2) is 36.5 Å². The summed E-state index contributed by atoms with van der Waals surface area (Å²) in [7, 11) is 0. The number of alkyl halides is 3. The molecule has 1 N–H and O–H groups in total. The van der Waals surface area contributed by atoms with E-state index < -0.39 is 18.1 Å². The highest BCUT2D eigenvalue weighted by atomic mass is 32.2. The van der Waals surface area contributed by atoms with Crippen LogP contribution in [0.5, 0.6) is 0 Å². The second-order valence-electron chi connectivity index (χ2n) is 8.06. The van der Waals surface area contributed by atoms with Gasteiger partial charge in [-0.3, -0.25) is 4.79 Å². The van der Waals surface area contributed by atoms with E-state index in [4.69, 9.17) is 4.74 Å². The first kappa shape index (κ1) is 21.6. The number of Topliss-reactive ketones (excluding diaryl/α,β-unsaturated/α-hetero) is 1. The number of ketones is 1. The summed E-state index contributed by atoms with van der Waals surface area (Å²) in [5.41, 5.74) is 1.06. The molecular formula is C19H24F3NO3S2. The number of hydrogen-bond donors (Lipinski definition) is 1. The lowest BCUT2D eigenvalue weighted by Crippen LogP contribution is -2.42. The van der Waals surface area contributed by atoms with Gasteiger partial charge in [0.05, 0.1) is 22.1 Å². The van der Waals surface area contributed by atoms with Crippen molar-refractivity contribution in [3.63, 3.8) is 0 Å². The number of fused-ring (bicyclic) bond motifs is 1. The Bertz CT molecular complexity index is 765. The predicted molar refractivity (Wildman–Crippen MR) is 103 cm³/mol. The summed E-state index contributed by atoms with van der Waals surface area (Å²) in [6.45, 7) is 5.83. The number of rotatable bonds is 4. The third-order valence-corrected chi connectivity index (χ3v) is 7.74. The second-order valence-corrected chi connectivity index (χ2v) is 10.6. The van der Waals surface area contributed by atoms with Crippen molar-refractivity contribution in [2.75, 3.05) is 13.2 Å². The normalized spacial score (nSPS) is 24.7. The van der Waals surface area contributed by atoms with Crippen molar-refractivity contribution in [3.8, 4) is 0 Å². The highest BCUT2D eigenvalue weighted by molar-refractivity contribution is 8.01. The van der Waals surface area contributed by atoms with E-state index in [1.807, 2.05) is 13.8 Å². The first-order valence-corrected chi connectivity index (χ1v) is 11.0. The first-order chi connectivity index (χ1) is 13.0. The Morgan fingerprint density at radius 3 is 2.61 bits per heavy atom. The van der Waals surface area contributed by atoms with Crippen LogP contribution in [0.4, 0.5) is 13.2 Å². The Morgan fingerprint density at radius 2 is 2.04 bits per heavy atom. The van der Waals surface area contributed by atoms with E-state index in [1.54, 1.807) is 6.92 Å². The average molecular weight is 436 g/mol. The number of nitrogens with one attached hydrogen (secondary N) is 1. The van der Waals surface area contributed by atoms with Gasteiger partial charge in [-0.05, 0) is 37.2 Å². The average Bonchev–Trinajstić information content (AvgIpc) is 2.92. The molecule has 2 heterocycles. The van der Waals surface area contributed by atoms with Crippen LogP contribution in [0.1, 0.15) is 65.6 Å². The smallest absolute Gasteiger partial charge is 0.393 e. The molecule has 2 unspecified atom stereocenters. The van der Waals surface area contributed by atoms with Crippen molar-refractivity contribution in [2.45, 2.75) is 62.2 Å². The molecular weight excluding hydrogens is 411 g/mol. The highest BCUT2D eigenvalue weighted by Gasteiger charge is 2.42. The van der Waals surface area contributed by atoms with Crippen LogP contribution in [0, 0.1) is 11.3 Å². The fourth-order valence-corrected chi connectivity index (χ4v) is 6.54. The van der Waals surface area contributed by atoms with Gasteiger partial charge >= 0.3 is 12.1 Å². The third kappa shape index (κ3) is 4.57. The molecule has 1 aliphatic heterocycles. The summed E-state index contributed by atoms with van der Waals surface area (Å²) in [6, 6.07) is 0. The predicted octanol–water partition coefficient (Wildman–Crippen LogP) is 5.06. The summed E-state index contributed by atoms with van der Waals surface area (Å²) in [5.74, 6) is -1.78. The summed E-state index contributed by atoms with van der Waals surface area (Å²) in [4.78, 5) is 25.7. The van der Waals surface area contributed by atoms with Crippen molar-refractivity contribution in [1.29, 1.82) is 0 Å². The lowest BCUT2D eigenvalue weighted by molar-refractivity contribution is -0.178. The number of hydrogen-bond acceptors (Lipinski definition) is 6. The van der Waals surface area contributed by atoms with Gasteiger partial charge in [-0.2, -0.15) is 13.2 Å². The van der Waals surface area contributed by atoms with Crippen molar-refractivity contribution in [2.24, 2.45) is 11.3 Å². The number of thioether (sulfide) groups is 1. The van der Waals surface area contributed by atoms with Gasteiger partial charge in [-0.15, -0.1) is 11.3 Å². The van der Waals surface area contributed by atoms with Gasteiger partial charge in [0.2, 0.25) is 0 Å².